The first-order valence-corrected chi connectivity index (χ1v) is 11.1. The highest BCUT2D eigenvalue weighted by molar-refractivity contribution is 5.99. The molecule has 194 valence electrons. The number of anilines is 2. The van der Waals surface area contributed by atoms with Gasteiger partial charge in [0.05, 0.1) is 41.0 Å². The van der Waals surface area contributed by atoms with Crippen LogP contribution in [0.5, 0.6) is 0 Å². The summed E-state index contributed by atoms with van der Waals surface area (Å²) in [6, 6.07) is 11.5. The zero-order valence-corrected chi connectivity index (χ0v) is 19.8. The molecule has 0 unspecified atom stereocenters. The summed E-state index contributed by atoms with van der Waals surface area (Å²) in [5.41, 5.74) is 6.39. The van der Waals surface area contributed by atoms with Gasteiger partial charge in [-0.25, -0.2) is 15.0 Å². The number of pyridine rings is 1. The molecule has 1 aromatic carbocycles. The summed E-state index contributed by atoms with van der Waals surface area (Å²) in [4.78, 5) is 35.3. The molecule has 0 bridgehead atoms. The zero-order chi connectivity index (χ0) is 27.0. The summed E-state index contributed by atoms with van der Waals surface area (Å²) in [7, 11) is 0. The third-order valence-corrected chi connectivity index (χ3v) is 4.52. The maximum Gasteiger partial charge on any atom is 0.287 e. The number of nitro groups is 1. The van der Waals surface area contributed by atoms with Crippen LogP contribution in [0, 0.1) is 21.4 Å². The topological polar surface area (TPSA) is 225 Å². The minimum Gasteiger partial charge on any atom is -0.395 e. The fourth-order valence-electron chi connectivity index (χ4n) is 2.78. The van der Waals surface area contributed by atoms with Crippen molar-refractivity contribution in [2.24, 2.45) is 5.73 Å². The van der Waals surface area contributed by atoms with Crippen LogP contribution >= 0.6 is 0 Å². The molecule has 14 heteroatoms. The van der Waals surface area contributed by atoms with E-state index in [1.54, 1.807) is 24.3 Å². The number of carbonyl (C=O) groups excluding carboxylic acids is 1. The van der Waals surface area contributed by atoms with Crippen LogP contribution in [-0.2, 0) is 0 Å². The lowest BCUT2D eigenvalue weighted by Gasteiger charge is -2.12. The molecule has 0 atom stereocenters. The minimum atomic E-state index is -0.519. The molecule has 7 N–H and O–H groups in total. The van der Waals surface area contributed by atoms with Crippen molar-refractivity contribution in [3.63, 3.8) is 0 Å². The summed E-state index contributed by atoms with van der Waals surface area (Å²) < 4.78 is 0. The Kier molecular flexibility index (Phi) is 11.8. The van der Waals surface area contributed by atoms with Crippen LogP contribution in [0.25, 0.3) is 11.3 Å². The average Bonchev–Trinajstić information content (AvgIpc) is 2.94. The summed E-state index contributed by atoms with van der Waals surface area (Å²) in [6.07, 6.45) is 2.56. The fourth-order valence-corrected chi connectivity index (χ4v) is 2.78. The first kappa shape index (κ1) is 28.5. The van der Waals surface area contributed by atoms with E-state index >= 15 is 0 Å². The van der Waals surface area contributed by atoms with Crippen molar-refractivity contribution in [2.45, 2.75) is 0 Å². The Labute approximate surface area is 212 Å². The normalized spacial score (nSPS) is 9.89. The summed E-state index contributed by atoms with van der Waals surface area (Å²) in [5.74, 6) is 0.338. The van der Waals surface area contributed by atoms with Gasteiger partial charge in [0.2, 0.25) is 5.95 Å². The predicted molar refractivity (Wildman–Crippen MR) is 136 cm³/mol. The van der Waals surface area contributed by atoms with Gasteiger partial charge in [-0.1, -0.05) is 12.1 Å². The Morgan fingerprint density at radius 2 is 1.73 bits per heavy atom. The maximum atomic E-state index is 12.5. The summed E-state index contributed by atoms with van der Waals surface area (Å²) >= 11 is 0. The largest absolute Gasteiger partial charge is 0.395 e. The van der Waals surface area contributed by atoms with E-state index in [9.17, 15) is 14.9 Å². The van der Waals surface area contributed by atoms with Crippen molar-refractivity contribution in [2.75, 3.05) is 50.0 Å². The number of nitriles is 1. The molecule has 1 amide bonds. The third kappa shape index (κ3) is 9.11. The maximum absolute atomic E-state index is 12.5. The van der Waals surface area contributed by atoms with Gasteiger partial charge in [0.15, 0.2) is 0 Å². The van der Waals surface area contributed by atoms with E-state index in [1.807, 2.05) is 6.07 Å². The van der Waals surface area contributed by atoms with Crippen molar-refractivity contribution in [1.29, 1.82) is 5.26 Å². The molecule has 0 aliphatic heterocycles. The highest BCUT2D eigenvalue weighted by Gasteiger charge is 2.16. The molecule has 2 heterocycles. The van der Waals surface area contributed by atoms with Crippen LogP contribution in [-0.4, -0.2) is 75.4 Å². The molecule has 0 aliphatic rings. The molecule has 0 aliphatic carbocycles. The second-order valence-corrected chi connectivity index (χ2v) is 7.15. The van der Waals surface area contributed by atoms with Crippen molar-refractivity contribution in [3.05, 3.63) is 70.0 Å². The van der Waals surface area contributed by atoms with Crippen LogP contribution in [0.15, 0.2) is 48.8 Å². The van der Waals surface area contributed by atoms with Gasteiger partial charge in [-0.15, -0.1) is 0 Å². The Morgan fingerprint density at radius 1 is 1.03 bits per heavy atom. The number of carbonyl (C=O) groups is 1. The molecule has 14 nitrogen and oxygen atoms in total. The molecule has 2 aromatic heterocycles. The number of aliphatic hydroxyl groups excluding tert-OH is 2. The van der Waals surface area contributed by atoms with Crippen LogP contribution in [0.1, 0.15) is 15.9 Å². The molecule has 0 fully saturated rings. The van der Waals surface area contributed by atoms with Gasteiger partial charge in [0, 0.05) is 44.0 Å². The Balaban J connectivity index is 0.00000112. The van der Waals surface area contributed by atoms with Gasteiger partial charge < -0.3 is 31.9 Å². The van der Waals surface area contributed by atoms with E-state index < -0.39 is 10.8 Å². The first-order chi connectivity index (χ1) is 17.9. The molecule has 0 saturated carbocycles. The Bertz CT molecular complexity index is 1200. The van der Waals surface area contributed by atoms with E-state index in [0.29, 0.717) is 42.3 Å². The molecule has 3 aromatic rings. The monoisotopic (exact) mass is 509 g/mol. The third-order valence-electron chi connectivity index (χ3n) is 4.52. The van der Waals surface area contributed by atoms with Crippen LogP contribution in [0.3, 0.4) is 0 Å². The van der Waals surface area contributed by atoms with E-state index in [2.05, 4.69) is 30.9 Å². The van der Waals surface area contributed by atoms with E-state index in [0.717, 1.165) is 0 Å². The number of hydrogen-bond donors (Lipinski definition) is 6. The lowest BCUT2D eigenvalue weighted by Crippen LogP contribution is -2.27. The SMILES string of the molecule is N#Cc1ccc(-c2nc(NCCNc3ccc([N+](=O)[O-])cn3)ncc2C(=O)NCCO)cc1.NCCO. The smallest absolute Gasteiger partial charge is 0.287 e. The van der Waals surface area contributed by atoms with Gasteiger partial charge in [0.25, 0.3) is 11.6 Å². The lowest BCUT2D eigenvalue weighted by atomic mass is 10.0. The first-order valence-electron chi connectivity index (χ1n) is 11.1. The summed E-state index contributed by atoms with van der Waals surface area (Å²) in [6.45, 7) is 1.20. The van der Waals surface area contributed by atoms with Crippen molar-refractivity contribution in [3.8, 4) is 17.3 Å². The average molecular weight is 510 g/mol. The van der Waals surface area contributed by atoms with Gasteiger partial charge >= 0.3 is 0 Å². The van der Waals surface area contributed by atoms with Gasteiger partial charge in [-0.2, -0.15) is 5.26 Å². The number of rotatable bonds is 11. The van der Waals surface area contributed by atoms with E-state index in [-0.39, 0.29) is 37.0 Å². The van der Waals surface area contributed by atoms with Crippen molar-refractivity contribution < 1.29 is 19.9 Å². The van der Waals surface area contributed by atoms with Crippen molar-refractivity contribution >= 4 is 23.4 Å². The highest BCUT2D eigenvalue weighted by atomic mass is 16.6. The number of aliphatic hydroxyl groups is 2. The lowest BCUT2D eigenvalue weighted by molar-refractivity contribution is -0.385. The quantitative estimate of drug-likeness (QED) is 0.118. The minimum absolute atomic E-state index is 0.0913. The van der Waals surface area contributed by atoms with Gasteiger partial charge in [-0.05, 0) is 18.2 Å². The number of nitrogens with two attached hydrogens (primary N) is 1. The predicted octanol–water partition coefficient (Wildman–Crippen LogP) is 0.502. The second-order valence-electron chi connectivity index (χ2n) is 7.15. The number of amides is 1. The van der Waals surface area contributed by atoms with Gasteiger partial charge in [-0.3, -0.25) is 14.9 Å². The highest BCUT2D eigenvalue weighted by Crippen LogP contribution is 2.23. The number of aromatic nitrogens is 3. The molecule has 0 radical (unpaired) electrons. The fraction of sp³-hybridized carbons (Fsp3) is 0.261. The molecular weight excluding hydrogens is 482 g/mol. The Morgan fingerprint density at radius 3 is 2.30 bits per heavy atom. The van der Waals surface area contributed by atoms with E-state index in [1.165, 1.54) is 24.5 Å². The van der Waals surface area contributed by atoms with Crippen molar-refractivity contribution in [1.82, 2.24) is 20.3 Å². The molecule has 0 saturated heterocycles. The molecule has 0 spiro atoms. The number of nitrogens with one attached hydrogen (secondary N) is 3. The second kappa shape index (κ2) is 15.3. The van der Waals surface area contributed by atoms with Crippen LogP contribution < -0.4 is 21.7 Å². The molecule has 37 heavy (non-hydrogen) atoms. The number of benzene rings is 1. The Hall–Kier alpha value is -4.71. The summed E-state index contributed by atoms with van der Waals surface area (Å²) in [5, 5.41) is 45.1. The standard InChI is InChI=1S/C21H20N8O4.C2H7NO/c22-11-14-1-3-15(4-2-14)19-17(20(31)24-9-10-30)13-27-21(28-19)25-8-7-23-18-6-5-16(12-26-18)29(32)33;3-1-2-4/h1-6,12-13,30H,7-10H2,(H,23,26)(H,24,31)(H,25,27,28);4H,1-3H2. The van der Waals surface area contributed by atoms with Crippen LogP contribution in [0.2, 0.25) is 0 Å². The van der Waals surface area contributed by atoms with Gasteiger partial charge in [0.1, 0.15) is 12.0 Å². The number of hydrogen-bond acceptors (Lipinski definition) is 12. The van der Waals surface area contributed by atoms with E-state index in [4.69, 9.17) is 21.2 Å². The molecular formula is C23H27N9O5. The van der Waals surface area contributed by atoms with Crippen LogP contribution in [0.4, 0.5) is 17.5 Å². The number of nitrogens with zero attached hydrogens (tertiary/aromatic N) is 5. The zero-order valence-electron chi connectivity index (χ0n) is 19.8. The molecule has 3 rings (SSSR count).